The molecule has 0 saturated carbocycles. The Morgan fingerprint density at radius 2 is 2.09 bits per heavy atom. The van der Waals surface area contributed by atoms with E-state index in [0.717, 1.165) is 31.5 Å². The van der Waals surface area contributed by atoms with Crippen molar-refractivity contribution in [3.63, 3.8) is 0 Å². The predicted octanol–water partition coefficient (Wildman–Crippen LogP) is 3.19. The zero-order chi connectivity index (χ0) is 16.2. The number of carbonyl (C=O) groups is 1. The number of methoxy groups -OCH3 is 1. The van der Waals surface area contributed by atoms with Crippen LogP contribution >= 0.6 is 23.2 Å². The third kappa shape index (κ3) is 3.93. The molecule has 6 heteroatoms. The molecule has 1 aromatic carbocycles. The number of benzene rings is 1. The van der Waals surface area contributed by atoms with E-state index in [-0.39, 0.29) is 11.9 Å². The van der Waals surface area contributed by atoms with Gasteiger partial charge in [0, 0.05) is 17.2 Å². The van der Waals surface area contributed by atoms with Gasteiger partial charge in [-0.3, -0.25) is 4.79 Å². The van der Waals surface area contributed by atoms with Crippen LogP contribution in [0.4, 0.5) is 0 Å². The van der Waals surface area contributed by atoms with Gasteiger partial charge in [-0.1, -0.05) is 29.3 Å². The van der Waals surface area contributed by atoms with E-state index in [4.69, 9.17) is 27.9 Å². The molecule has 0 radical (unpaired) electrons. The fourth-order valence-electron chi connectivity index (χ4n) is 2.90. The van der Waals surface area contributed by atoms with Crippen LogP contribution in [0.1, 0.15) is 31.4 Å². The number of rotatable bonds is 5. The zero-order valence-electron chi connectivity index (χ0n) is 12.9. The summed E-state index contributed by atoms with van der Waals surface area (Å²) < 4.78 is 5.30. The van der Waals surface area contributed by atoms with Gasteiger partial charge in [-0.2, -0.15) is 0 Å². The van der Waals surface area contributed by atoms with Crippen LogP contribution in [0.3, 0.4) is 0 Å². The minimum Gasteiger partial charge on any atom is -0.384 e. The molecule has 1 aliphatic heterocycles. The topological polar surface area (TPSA) is 50.4 Å². The number of piperidine rings is 1. The predicted molar refractivity (Wildman–Crippen MR) is 89.4 cm³/mol. The molecule has 122 valence electrons. The second kappa shape index (κ2) is 7.64. The van der Waals surface area contributed by atoms with Crippen molar-refractivity contribution < 1.29 is 9.53 Å². The molecule has 1 fully saturated rings. The fraction of sp³-hybridized carbons (Fsp3) is 0.562. The molecule has 1 heterocycles. The molecule has 4 nitrogen and oxygen atoms in total. The minimum absolute atomic E-state index is 0.0226. The van der Waals surface area contributed by atoms with Crippen molar-refractivity contribution in [1.29, 1.82) is 0 Å². The molecule has 0 aliphatic carbocycles. The Hall–Kier alpha value is -0.810. The monoisotopic (exact) mass is 344 g/mol. The van der Waals surface area contributed by atoms with Crippen molar-refractivity contribution in [3.05, 3.63) is 33.8 Å². The summed E-state index contributed by atoms with van der Waals surface area (Å²) in [6.07, 6.45) is 1.54. The number of amides is 1. The second-order valence-electron chi connectivity index (χ2n) is 5.82. The highest BCUT2D eigenvalue weighted by molar-refractivity contribution is 6.35. The summed E-state index contributed by atoms with van der Waals surface area (Å²) in [5.41, 5.74) is 0.397. The van der Waals surface area contributed by atoms with Gasteiger partial charge in [0.2, 0.25) is 5.91 Å². The van der Waals surface area contributed by atoms with Gasteiger partial charge in [0.05, 0.1) is 18.1 Å². The first-order chi connectivity index (χ1) is 10.5. The van der Waals surface area contributed by atoms with E-state index >= 15 is 0 Å². The number of hydrogen-bond acceptors (Lipinski definition) is 3. The molecule has 0 aromatic heterocycles. The normalized spacial score (nSPS) is 18.7. The van der Waals surface area contributed by atoms with Gasteiger partial charge in [-0.05, 0) is 50.6 Å². The maximum atomic E-state index is 12.8. The van der Waals surface area contributed by atoms with Gasteiger partial charge < -0.3 is 15.4 Å². The SMILES string of the molecule is COCC1(C(=O)NC(C)c2ccc(Cl)cc2Cl)CCNCC1. The Bertz CT molecular complexity index is 525. The summed E-state index contributed by atoms with van der Waals surface area (Å²) >= 11 is 12.1. The van der Waals surface area contributed by atoms with Gasteiger partial charge in [0.25, 0.3) is 0 Å². The van der Waals surface area contributed by atoms with Crippen LogP contribution in [0, 0.1) is 5.41 Å². The molecule has 1 aliphatic rings. The molecular formula is C16H22Cl2N2O2. The molecule has 2 rings (SSSR count). The van der Waals surface area contributed by atoms with Crippen LogP contribution in [-0.2, 0) is 9.53 Å². The van der Waals surface area contributed by atoms with Crippen molar-refractivity contribution in [3.8, 4) is 0 Å². The summed E-state index contributed by atoms with van der Waals surface area (Å²) in [7, 11) is 1.64. The summed E-state index contributed by atoms with van der Waals surface area (Å²) in [6, 6.07) is 5.14. The Morgan fingerprint density at radius 1 is 1.41 bits per heavy atom. The standard InChI is InChI=1S/C16H22Cl2N2O2/c1-11(13-4-3-12(17)9-14(13)18)20-15(21)16(10-22-2)5-7-19-8-6-16/h3-4,9,11,19H,5-8,10H2,1-2H3,(H,20,21). The molecule has 0 spiro atoms. The van der Waals surface area contributed by atoms with Crippen LogP contribution in [0.25, 0.3) is 0 Å². The lowest BCUT2D eigenvalue weighted by molar-refractivity contribution is -0.136. The second-order valence-corrected chi connectivity index (χ2v) is 6.67. The van der Waals surface area contributed by atoms with E-state index in [1.165, 1.54) is 0 Å². The summed E-state index contributed by atoms with van der Waals surface area (Å²) in [4.78, 5) is 12.8. The minimum atomic E-state index is -0.465. The zero-order valence-corrected chi connectivity index (χ0v) is 14.4. The van der Waals surface area contributed by atoms with E-state index in [0.29, 0.717) is 16.7 Å². The van der Waals surface area contributed by atoms with E-state index in [9.17, 15) is 4.79 Å². The molecule has 1 aromatic rings. The van der Waals surface area contributed by atoms with Crippen LogP contribution in [-0.4, -0.2) is 32.7 Å². The molecule has 1 amide bonds. The maximum Gasteiger partial charge on any atom is 0.229 e. The number of nitrogens with one attached hydrogen (secondary N) is 2. The van der Waals surface area contributed by atoms with Crippen molar-refractivity contribution in [2.75, 3.05) is 26.8 Å². The van der Waals surface area contributed by atoms with Crippen molar-refractivity contribution in [2.24, 2.45) is 5.41 Å². The highest BCUT2D eigenvalue weighted by Gasteiger charge is 2.40. The summed E-state index contributed by atoms with van der Waals surface area (Å²) in [6.45, 7) is 4.01. The average Bonchev–Trinajstić information content (AvgIpc) is 2.48. The Balaban J connectivity index is 2.11. The van der Waals surface area contributed by atoms with E-state index in [1.807, 2.05) is 13.0 Å². The lowest BCUT2D eigenvalue weighted by Crippen LogP contribution is -2.50. The van der Waals surface area contributed by atoms with Crippen LogP contribution in [0.5, 0.6) is 0 Å². The molecular weight excluding hydrogens is 323 g/mol. The largest absolute Gasteiger partial charge is 0.384 e. The number of carbonyl (C=O) groups excluding carboxylic acids is 1. The van der Waals surface area contributed by atoms with Gasteiger partial charge in [-0.15, -0.1) is 0 Å². The average molecular weight is 345 g/mol. The van der Waals surface area contributed by atoms with E-state index < -0.39 is 5.41 Å². The fourth-order valence-corrected chi connectivity index (χ4v) is 3.47. The molecule has 0 bridgehead atoms. The molecule has 1 saturated heterocycles. The van der Waals surface area contributed by atoms with Gasteiger partial charge in [-0.25, -0.2) is 0 Å². The summed E-state index contributed by atoms with van der Waals surface area (Å²) in [5, 5.41) is 7.51. The lowest BCUT2D eigenvalue weighted by Gasteiger charge is -2.36. The van der Waals surface area contributed by atoms with E-state index in [2.05, 4.69) is 10.6 Å². The number of halogens is 2. The van der Waals surface area contributed by atoms with Gasteiger partial charge in [0.15, 0.2) is 0 Å². The third-order valence-electron chi connectivity index (χ3n) is 4.24. The Morgan fingerprint density at radius 3 is 2.68 bits per heavy atom. The van der Waals surface area contributed by atoms with Crippen molar-refractivity contribution in [1.82, 2.24) is 10.6 Å². The molecule has 2 N–H and O–H groups in total. The van der Waals surface area contributed by atoms with Gasteiger partial charge in [0.1, 0.15) is 0 Å². The first-order valence-electron chi connectivity index (χ1n) is 7.44. The lowest BCUT2D eigenvalue weighted by atomic mass is 9.78. The first-order valence-corrected chi connectivity index (χ1v) is 8.20. The Labute approximate surface area is 141 Å². The number of hydrogen-bond donors (Lipinski definition) is 2. The Kier molecular flexibility index (Phi) is 6.09. The molecule has 1 atom stereocenters. The van der Waals surface area contributed by atoms with Crippen LogP contribution < -0.4 is 10.6 Å². The van der Waals surface area contributed by atoms with Crippen LogP contribution in [0.2, 0.25) is 10.0 Å². The van der Waals surface area contributed by atoms with Crippen LogP contribution in [0.15, 0.2) is 18.2 Å². The van der Waals surface area contributed by atoms with E-state index in [1.54, 1.807) is 19.2 Å². The maximum absolute atomic E-state index is 12.8. The highest BCUT2D eigenvalue weighted by Crippen LogP contribution is 2.32. The van der Waals surface area contributed by atoms with Crippen molar-refractivity contribution >= 4 is 29.1 Å². The highest BCUT2D eigenvalue weighted by atomic mass is 35.5. The quantitative estimate of drug-likeness (QED) is 0.862. The van der Waals surface area contributed by atoms with Crippen molar-refractivity contribution in [2.45, 2.75) is 25.8 Å². The molecule has 22 heavy (non-hydrogen) atoms. The first kappa shape index (κ1) is 17.5. The number of ether oxygens (including phenoxy) is 1. The third-order valence-corrected chi connectivity index (χ3v) is 4.80. The summed E-state index contributed by atoms with van der Waals surface area (Å²) in [5.74, 6) is 0.0226. The molecule has 1 unspecified atom stereocenters. The van der Waals surface area contributed by atoms with Gasteiger partial charge >= 0.3 is 0 Å². The smallest absolute Gasteiger partial charge is 0.229 e.